The monoisotopic (exact) mass is 343 g/mol. The van der Waals surface area contributed by atoms with Crippen molar-refractivity contribution in [2.75, 3.05) is 10.5 Å². The summed E-state index contributed by atoms with van der Waals surface area (Å²) >= 11 is 2.78. The Labute approximate surface area is 133 Å². The van der Waals surface area contributed by atoms with Crippen LogP contribution < -0.4 is 4.72 Å². The number of nitrogens with zero attached hydrogens (tertiary/aromatic N) is 2. The zero-order chi connectivity index (χ0) is 15.6. The Bertz CT molecular complexity index is 731. The van der Waals surface area contributed by atoms with Crippen LogP contribution in [0.5, 0.6) is 0 Å². The molecule has 1 heterocycles. The predicted octanol–water partition coefficient (Wildman–Crippen LogP) is 3.38. The second-order valence-corrected chi connectivity index (χ2v) is 8.75. The fourth-order valence-electron chi connectivity index (χ4n) is 2.19. The van der Waals surface area contributed by atoms with Crippen LogP contribution in [0.15, 0.2) is 21.4 Å². The van der Waals surface area contributed by atoms with E-state index in [0.717, 1.165) is 26.8 Å². The van der Waals surface area contributed by atoms with Crippen LogP contribution in [0.4, 0.5) is 5.13 Å². The molecule has 8 heteroatoms. The molecule has 1 aromatic heterocycles. The summed E-state index contributed by atoms with van der Waals surface area (Å²) in [6.45, 7) is 7.55. The van der Waals surface area contributed by atoms with E-state index in [1.54, 1.807) is 13.8 Å². The molecule has 2 rings (SSSR count). The van der Waals surface area contributed by atoms with Crippen molar-refractivity contribution in [2.45, 2.75) is 36.9 Å². The maximum Gasteiger partial charge on any atom is 0.264 e. The molecule has 0 radical (unpaired) electrons. The minimum absolute atomic E-state index is 0.297. The largest absolute Gasteiger partial charge is 0.264 e. The van der Waals surface area contributed by atoms with E-state index >= 15 is 0 Å². The maximum absolute atomic E-state index is 12.5. The highest BCUT2D eigenvalue weighted by molar-refractivity contribution is 8.01. The lowest BCUT2D eigenvalue weighted by molar-refractivity contribution is 0.600. The molecule has 21 heavy (non-hydrogen) atoms. The lowest BCUT2D eigenvalue weighted by Gasteiger charge is -2.12. The average molecular weight is 343 g/mol. The molecule has 0 aliphatic carbocycles. The van der Waals surface area contributed by atoms with Crippen molar-refractivity contribution in [2.24, 2.45) is 0 Å². The first-order valence-corrected chi connectivity index (χ1v) is 9.69. The van der Waals surface area contributed by atoms with E-state index in [2.05, 4.69) is 14.9 Å². The molecule has 0 saturated heterocycles. The highest BCUT2D eigenvalue weighted by Crippen LogP contribution is 2.28. The zero-order valence-corrected chi connectivity index (χ0v) is 14.7. The van der Waals surface area contributed by atoms with E-state index in [1.165, 1.54) is 23.1 Å². The predicted molar refractivity (Wildman–Crippen MR) is 87.8 cm³/mol. The normalized spacial score (nSPS) is 11.6. The van der Waals surface area contributed by atoms with Crippen molar-refractivity contribution in [3.8, 4) is 0 Å². The van der Waals surface area contributed by atoms with Gasteiger partial charge in [-0.3, -0.25) is 4.72 Å². The molecule has 0 atom stereocenters. The lowest BCUT2D eigenvalue weighted by Crippen LogP contribution is -2.15. The molecule has 0 aliphatic rings. The van der Waals surface area contributed by atoms with Gasteiger partial charge in [-0.2, -0.15) is 0 Å². The van der Waals surface area contributed by atoms with Crippen molar-refractivity contribution in [1.82, 2.24) is 10.2 Å². The molecule has 0 amide bonds. The van der Waals surface area contributed by atoms with Gasteiger partial charge in [0, 0.05) is 0 Å². The first-order chi connectivity index (χ1) is 9.83. The van der Waals surface area contributed by atoms with E-state index in [-0.39, 0.29) is 0 Å². The lowest BCUT2D eigenvalue weighted by atomic mass is 10.1. The third-order valence-corrected chi connectivity index (χ3v) is 6.40. The van der Waals surface area contributed by atoms with Gasteiger partial charge in [0.1, 0.15) is 0 Å². The highest BCUT2D eigenvalue weighted by atomic mass is 32.2. The Morgan fingerprint density at radius 1 is 1.19 bits per heavy atom. The second-order valence-electron chi connectivity index (χ2n) is 4.64. The fourth-order valence-corrected chi connectivity index (χ4v) is 5.52. The van der Waals surface area contributed by atoms with Crippen molar-refractivity contribution in [3.05, 3.63) is 28.8 Å². The second kappa shape index (κ2) is 6.33. The summed E-state index contributed by atoms with van der Waals surface area (Å²) in [6.07, 6.45) is 0. The van der Waals surface area contributed by atoms with Gasteiger partial charge < -0.3 is 0 Å². The molecular weight excluding hydrogens is 326 g/mol. The van der Waals surface area contributed by atoms with E-state index in [0.29, 0.717) is 10.0 Å². The number of nitrogens with one attached hydrogen (secondary N) is 1. The Hall–Kier alpha value is -1.12. The average Bonchev–Trinajstić information content (AvgIpc) is 2.74. The molecule has 0 fully saturated rings. The van der Waals surface area contributed by atoms with Crippen LogP contribution in [-0.2, 0) is 10.0 Å². The van der Waals surface area contributed by atoms with Crippen LogP contribution in [0.2, 0.25) is 0 Å². The van der Waals surface area contributed by atoms with Crippen LogP contribution in [0, 0.1) is 20.8 Å². The van der Waals surface area contributed by atoms with E-state index < -0.39 is 10.0 Å². The summed E-state index contributed by atoms with van der Waals surface area (Å²) in [5, 5.41) is 8.12. The Morgan fingerprint density at radius 2 is 1.81 bits per heavy atom. The molecule has 1 aromatic carbocycles. The molecule has 0 aliphatic heterocycles. The SMILES string of the molecule is CCSc1nnc(NS(=O)(=O)c2c(C)cc(C)cc2C)s1. The van der Waals surface area contributed by atoms with Gasteiger partial charge in [-0.05, 0) is 37.7 Å². The number of hydrogen-bond donors (Lipinski definition) is 1. The number of anilines is 1. The van der Waals surface area contributed by atoms with Crippen LogP contribution in [0.3, 0.4) is 0 Å². The number of aryl methyl sites for hydroxylation is 3. The van der Waals surface area contributed by atoms with Gasteiger partial charge in [0.2, 0.25) is 5.13 Å². The van der Waals surface area contributed by atoms with Crippen LogP contribution in [-0.4, -0.2) is 24.4 Å². The number of rotatable bonds is 5. The molecular formula is C13H17N3O2S3. The maximum atomic E-state index is 12.5. The van der Waals surface area contributed by atoms with Gasteiger partial charge in [0.25, 0.3) is 10.0 Å². The summed E-state index contributed by atoms with van der Waals surface area (Å²) in [5.41, 5.74) is 2.50. The smallest absolute Gasteiger partial charge is 0.253 e. The van der Waals surface area contributed by atoms with Crippen molar-refractivity contribution >= 4 is 38.3 Å². The first-order valence-electron chi connectivity index (χ1n) is 6.40. The topological polar surface area (TPSA) is 72.0 Å². The van der Waals surface area contributed by atoms with Crippen LogP contribution >= 0.6 is 23.1 Å². The third-order valence-electron chi connectivity index (χ3n) is 2.77. The first kappa shape index (κ1) is 16.3. The van der Waals surface area contributed by atoms with E-state index in [4.69, 9.17) is 0 Å². The van der Waals surface area contributed by atoms with Crippen molar-refractivity contribution in [3.63, 3.8) is 0 Å². The quantitative estimate of drug-likeness (QED) is 0.843. The Morgan fingerprint density at radius 3 is 2.38 bits per heavy atom. The standard InChI is InChI=1S/C13H17N3O2S3/c1-5-19-13-15-14-12(20-13)16-21(17,18)11-9(3)6-8(2)7-10(11)4/h6-7H,5H2,1-4H3,(H,14,16). The summed E-state index contributed by atoms with van der Waals surface area (Å²) in [7, 11) is -3.64. The third kappa shape index (κ3) is 3.75. The minimum atomic E-state index is -3.64. The van der Waals surface area contributed by atoms with Gasteiger partial charge in [-0.1, -0.05) is 47.7 Å². The van der Waals surface area contributed by atoms with Gasteiger partial charge in [-0.25, -0.2) is 8.42 Å². The van der Waals surface area contributed by atoms with Gasteiger partial charge >= 0.3 is 0 Å². The Kier molecular flexibility index (Phi) is 4.90. The molecule has 0 saturated carbocycles. The minimum Gasteiger partial charge on any atom is -0.253 e. The molecule has 114 valence electrons. The summed E-state index contributed by atoms with van der Waals surface area (Å²) in [4.78, 5) is 0.313. The van der Waals surface area contributed by atoms with Crippen LogP contribution in [0.1, 0.15) is 23.6 Å². The van der Waals surface area contributed by atoms with Gasteiger partial charge in [-0.15, -0.1) is 10.2 Å². The molecule has 5 nitrogen and oxygen atoms in total. The summed E-state index contributed by atoms with van der Waals surface area (Å²) in [5.74, 6) is 0.873. The highest BCUT2D eigenvalue weighted by Gasteiger charge is 2.21. The molecule has 0 bridgehead atoms. The molecule has 0 spiro atoms. The van der Waals surface area contributed by atoms with Crippen molar-refractivity contribution < 1.29 is 8.42 Å². The molecule has 0 unspecified atom stereocenters. The number of hydrogen-bond acceptors (Lipinski definition) is 6. The number of thioether (sulfide) groups is 1. The van der Waals surface area contributed by atoms with E-state index in [9.17, 15) is 8.42 Å². The Balaban J connectivity index is 2.34. The number of benzene rings is 1. The van der Waals surface area contributed by atoms with Crippen LogP contribution in [0.25, 0.3) is 0 Å². The molecule has 2 aromatic rings. The zero-order valence-electron chi connectivity index (χ0n) is 12.3. The number of sulfonamides is 1. The van der Waals surface area contributed by atoms with Crippen molar-refractivity contribution in [1.29, 1.82) is 0 Å². The molecule has 1 N–H and O–H groups in total. The van der Waals surface area contributed by atoms with Gasteiger partial charge in [0.05, 0.1) is 4.90 Å². The van der Waals surface area contributed by atoms with Gasteiger partial charge in [0.15, 0.2) is 4.34 Å². The van der Waals surface area contributed by atoms with E-state index in [1.807, 2.05) is 26.0 Å². The fraction of sp³-hybridized carbons (Fsp3) is 0.385. The number of aromatic nitrogens is 2. The summed E-state index contributed by atoms with van der Waals surface area (Å²) in [6, 6.07) is 3.72. The summed E-state index contributed by atoms with van der Waals surface area (Å²) < 4.78 is 28.4.